The predicted molar refractivity (Wildman–Crippen MR) is 116 cm³/mol. The van der Waals surface area contributed by atoms with Crippen LogP contribution >= 0.6 is 23.2 Å². The zero-order valence-electron chi connectivity index (χ0n) is 16.8. The van der Waals surface area contributed by atoms with E-state index in [1.807, 2.05) is 0 Å². The normalized spacial score (nSPS) is 21.4. The summed E-state index contributed by atoms with van der Waals surface area (Å²) in [5.41, 5.74) is -2.24. The number of benzene rings is 2. The van der Waals surface area contributed by atoms with Crippen LogP contribution in [-0.2, 0) is 20.5 Å². The molecule has 4 rings (SSSR count). The highest BCUT2D eigenvalue weighted by Crippen LogP contribution is 2.49. The minimum atomic E-state index is -4.81. The van der Waals surface area contributed by atoms with Crippen molar-refractivity contribution < 1.29 is 26.4 Å². The number of halogens is 5. The van der Waals surface area contributed by atoms with E-state index in [2.05, 4.69) is 9.88 Å². The Morgan fingerprint density at radius 3 is 2.38 bits per heavy atom. The topological polar surface area (TPSA) is 67.8 Å². The lowest BCUT2D eigenvalue weighted by Gasteiger charge is -2.29. The lowest BCUT2D eigenvalue weighted by atomic mass is 9.86. The van der Waals surface area contributed by atoms with E-state index < -0.39 is 28.2 Å². The van der Waals surface area contributed by atoms with Crippen molar-refractivity contribution in [3.63, 3.8) is 0 Å². The van der Waals surface area contributed by atoms with Crippen molar-refractivity contribution in [3.05, 3.63) is 63.1 Å². The van der Waals surface area contributed by atoms with Gasteiger partial charge in [-0.1, -0.05) is 34.4 Å². The van der Waals surface area contributed by atoms with Crippen LogP contribution in [0.2, 0.25) is 10.0 Å². The molecule has 1 heterocycles. The van der Waals surface area contributed by atoms with E-state index in [9.17, 15) is 21.6 Å². The maximum atomic E-state index is 14.1. The summed E-state index contributed by atoms with van der Waals surface area (Å²) in [6.45, 7) is 1.96. The first-order valence-corrected chi connectivity index (χ1v) is 12.0. The molecule has 1 atom stereocenters. The Hall–Kier alpha value is -1.81. The Bertz CT molecular complexity index is 1180. The van der Waals surface area contributed by atoms with Crippen molar-refractivity contribution in [2.45, 2.75) is 42.9 Å². The molecule has 1 N–H and O–H groups in total. The number of oxime groups is 1. The third-order valence-electron chi connectivity index (χ3n) is 5.57. The van der Waals surface area contributed by atoms with Crippen LogP contribution in [0.25, 0.3) is 0 Å². The molecule has 2 aliphatic rings. The van der Waals surface area contributed by atoms with E-state index in [0.29, 0.717) is 23.6 Å². The summed E-state index contributed by atoms with van der Waals surface area (Å²) in [6.07, 6.45) is -3.42. The zero-order chi connectivity index (χ0) is 23.3. The van der Waals surface area contributed by atoms with Crippen LogP contribution in [0, 0.1) is 12.8 Å². The average Bonchev–Trinajstić information content (AvgIpc) is 3.40. The van der Waals surface area contributed by atoms with Gasteiger partial charge in [0, 0.05) is 28.6 Å². The number of aryl methyl sites for hydroxylation is 1. The molecule has 11 heteroatoms. The first-order chi connectivity index (χ1) is 14.9. The van der Waals surface area contributed by atoms with Crippen LogP contribution in [0.1, 0.15) is 36.0 Å². The van der Waals surface area contributed by atoms with E-state index in [-0.39, 0.29) is 26.2 Å². The molecule has 1 aliphatic heterocycles. The standard InChI is InChI=1S/C21H19Cl2F3N2O3S/c1-12-6-14(4-5-19(12)32(29,30)27-11-13-2-3-13)18-10-20(31-28-18,21(24,25)26)15-7-16(22)9-17(23)8-15/h4-9,13,27H,2-3,10-11H2,1H3. The molecule has 1 aliphatic carbocycles. The van der Waals surface area contributed by atoms with Gasteiger partial charge in [-0.2, -0.15) is 13.2 Å². The molecule has 1 unspecified atom stereocenters. The number of alkyl halides is 3. The van der Waals surface area contributed by atoms with Gasteiger partial charge in [-0.05, 0) is 67.1 Å². The van der Waals surface area contributed by atoms with Crippen molar-refractivity contribution in [3.8, 4) is 0 Å². The summed E-state index contributed by atoms with van der Waals surface area (Å²) >= 11 is 11.8. The Morgan fingerprint density at radius 2 is 1.81 bits per heavy atom. The summed E-state index contributed by atoms with van der Waals surface area (Å²) in [5, 5.41) is 3.79. The Balaban J connectivity index is 1.63. The summed E-state index contributed by atoms with van der Waals surface area (Å²) < 4.78 is 70.1. The molecule has 0 aromatic heterocycles. The van der Waals surface area contributed by atoms with E-state index >= 15 is 0 Å². The smallest absolute Gasteiger partial charge is 0.374 e. The fourth-order valence-electron chi connectivity index (χ4n) is 3.60. The largest absolute Gasteiger partial charge is 0.435 e. The van der Waals surface area contributed by atoms with Crippen LogP contribution in [0.15, 0.2) is 46.4 Å². The van der Waals surface area contributed by atoms with Crippen LogP contribution in [-0.4, -0.2) is 26.9 Å². The minimum Gasteiger partial charge on any atom is -0.374 e. The summed E-state index contributed by atoms with van der Waals surface area (Å²) in [5.74, 6) is 0.366. The fourth-order valence-corrected chi connectivity index (χ4v) is 5.47. The van der Waals surface area contributed by atoms with Gasteiger partial charge >= 0.3 is 6.18 Å². The predicted octanol–water partition coefficient (Wildman–Crippen LogP) is 5.57. The molecule has 2 aromatic carbocycles. The molecular weight excluding hydrogens is 488 g/mol. The Labute approximate surface area is 193 Å². The van der Waals surface area contributed by atoms with Gasteiger partial charge < -0.3 is 4.84 Å². The van der Waals surface area contributed by atoms with Gasteiger partial charge in [0.15, 0.2) is 0 Å². The van der Waals surface area contributed by atoms with Gasteiger partial charge in [-0.15, -0.1) is 0 Å². The highest BCUT2D eigenvalue weighted by Gasteiger charge is 2.62. The van der Waals surface area contributed by atoms with Gasteiger partial charge in [-0.3, -0.25) is 0 Å². The summed E-state index contributed by atoms with van der Waals surface area (Å²) in [7, 11) is -3.72. The van der Waals surface area contributed by atoms with Crippen molar-refractivity contribution in [1.29, 1.82) is 0 Å². The Morgan fingerprint density at radius 1 is 1.16 bits per heavy atom. The number of nitrogens with one attached hydrogen (secondary N) is 1. The van der Waals surface area contributed by atoms with Crippen LogP contribution in [0.4, 0.5) is 13.2 Å². The first-order valence-electron chi connectivity index (χ1n) is 9.80. The number of nitrogens with zero attached hydrogens (tertiary/aromatic N) is 1. The molecule has 32 heavy (non-hydrogen) atoms. The second-order valence-electron chi connectivity index (χ2n) is 8.06. The van der Waals surface area contributed by atoms with E-state index in [0.717, 1.165) is 25.0 Å². The quantitative estimate of drug-likeness (QED) is 0.556. The van der Waals surface area contributed by atoms with Crippen molar-refractivity contribution >= 4 is 38.9 Å². The van der Waals surface area contributed by atoms with Crippen molar-refractivity contribution in [1.82, 2.24) is 4.72 Å². The molecular formula is C21H19Cl2F3N2O3S. The van der Waals surface area contributed by atoms with Gasteiger partial charge in [0.05, 0.1) is 10.6 Å². The molecule has 0 radical (unpaired) electrons. The minimum absolute atomic E-state index is 0.0383. The Kier molecular flexibility index (Phi) is 5.98. The third kappa shape index (κ3) is 4.48. The molecule has 172 valence electrons. The highest BCUT2D eigenvalue weighted by atomic mass is 35.5. The molecule has 0 spiro atoms. The second-order valence-corrected chi connectivity index (χ2v) is 10.7. The zero-order valence-corrected chi connectivity index (χ0v) is 19.2. The van der Waals surface area contributed by atoms with Crippen LogP contribution in [0.3, 0.4) is 0 Å². The average molecular weight is 507 g/mol. The van der Waals surface area contributed by atoms with Gasteiger partial charge in [0.1, 0.15) is 0 Å². The third-order valence-corrected chi connectivity index (χ3v) is 7.59. The van der Waals surface area contributed by atoms with E-state index in [1.54, 1.807) is 6.92 Å². The van der Waals surface area contributed by atoms with Crippen molar-refractivity contribution in [2.24, 2.45) is 11.1 Å². The molecule has 5 nitrogen and oxygen atoms in total. The lowest BCUT2D eigenvalue weighted by molar-refractivity contribution is -0.275. The highest BCUT2D eigenvalue weighted by molar-refractivity contribution is 7.89. The number of hydrogen-bond acceptors (Lipinski definition) is 4. The lowest BCUT2D eigenvalue weighted by Crippen LogP contribution is -2.42. The number of sulfonamides is 1. The number of hydrogen-bond donors (Lipinski definition) is 1. The molecule has 1 saturated carbocycles. The second kappa shape index (κ2) is 8.20. The first kappa shape index (κ1) is 23.4. The molecule has 1 fully saturated rings. The monoisotopic (exact) mass is 506 g/mol. The molecule has 0 saturated heterocycles. The summed E-state index contributed by atoms with van der Waals surface area (Å²) in [6, 6.07) is 7.90. The van der Waals surface area contributed by atoms with Crippen LogP contribution < -0.4 is 4.72 Å². The van der Waals surface area contributed by atoms with E-state index in [4.69, 9.17) is 28.0 Å². The molecule has 0 bridgehead atoms. The van der Waals surface area contributed by atoms with Gasteiger partial charge in [0.2, 0.25) is 10.0 Å². The fraction of sp³-hybridized carbons (Fsp3) is 0.381. The maximum Gasteiger partial charge on any atom is 0.435 e. The van der Waals surface area contributed by atoms with Crippen molar-refractivity contribution in [2.75, 3.05) is 6.54 Å². The SMILES string of the molecule is Cc1cc(C2=NOC(c3cc(Cl)cc(Cl)c3)(C(F)(F)F)C2)ccc1S(=O)(=O)NCC1CC1. The molecule has 0 amide bonds. The van der Waals surface area contributed by atoms with Gasteiger partial charge in [0.25, 0.3) is 5.60 Å². The van der Waals surface area contributed by atoms with Crippen LogP contribution in [0.5, 0.6) is 0 Å². The van der Waals surface area contributed by atoms with Gasteiger partial charge in [-0.25, -0.2) is 13.1 Å². The number of rotatable bonds is 6. The summed E-state index contributed by atoms with van der Waals surface area (Å²) in [4.78, 5) is 5.07. The molecule has 2 aromatic rings. The maximum absolute atomic E-state index is 14.1. The van der Waals surface area contributed by atoms with E-state index in [1.165, 1.54) is 24.3 Å².